The summed E-state index contributed by atoms with van der Waals surface area (Å²) in [4.78, 5) is 11.0. The molecule has 32 heavy (non-hydrogen) atoms. The number of carbonyl (C=O) groups excluding carboxylic acids is 1. The molecule has 0 amide bonds. The summed E-state index contributed by atoms with van der Waals surface area (Å²) in [5.74, 6) is -51.9. The Kier molecular flexibility index (Phi) is 8.49. The topological polar surface area (TPSA) is 35.5 Å². The smallest absolute Gasteiger partial charge is 0.460 e. The third-order valence-corrected chi connectivity index (χ3v) is 3.59. The van der Waals surface area contributed by atoms with E-state index in [1.165, 1.54) is 0 Å². The fourth-order valence-electron chi connectivity index (χ4n) is 1.72. The van der Waals surface area contributed by atoms with Crippen molar-refractivity contribution in [3.63, 3.8) is 0 Å². The van der Waals surface area contributed by atoms with Crippen LogP contribution in [0, 0.1) is 0 Å². The van der Waals surface area contributed by atoms with Crippen molar-refractivity contribution in [2.45, 2.75) is 54.6 Å². The first kappa shape index (κ1) is 30.0. The van der Waals surface area contributed by atoms with Crippen LogP contribution in [0.15, 0.2) is 12.8 Å². The van der Waals surface area contributed by atoms with Gasteiger partial charge in [0.25, 0.3) is 0 Å². The van der Waals surface area contributed by atoms with Crippen LogP contribution >= 0.6 is 0 Å². The molecular weight excluding hydrogens is 501 g/mol. The Morgan fingerprint density at radius 1 is 0.625 bits per heavy atom. The summed E-state index contributed by atoms with van der Waals surface area (Å²) in [7, 11) is 0. The summed E-state index contributed by atoms with van der Waals surface area (Å²) < 4.78 is 202. The molecule has 0 heterocycles. The Balaban J connectivity index is 5.95. The second-order valence-corrected chi connectivity index (χ2v) is 5.82. The molecule has 0 aromatic rings. The molecule has 0 saturated heterocycles. The number of ether oxygens (including phenoxy) is 2. The lowest BCUT2D eigenvalue weighted by Crippen LogP contribution is -2.73. The highest BCUT2D eigenvalue weighted by Gasteiger charge is 2.94. The molecule has 0 N–H and O–H groups in total. The van der Waals surface area contributed by atoms with Gasteiger partial charge in [0, 0.05) is 0 Å². The number of halogens is 15. The molecule has 0 aliphatic rings. The molecule has 18 heteroatoms. The van der Waals surface area contributed by atoms with E-state index in [9.17, 15) is 70.7 Å². The largest absolute Gasteiger partial charge is 0.502 e. The molecule has 0 unspecified atom stereocenters. The van der Waals surface area contributed by atoms with E-state index < -0.39 is 60.7 Å². The van der Waals surface area contributed by atoms with E-state index in [-0.39, 0.29) is 13.0 Å². The Morgan fingerprint density at radius 3 is 1.41 bits per heavy atom. The summed E-state index contributed by atoms with van der Waals surface area (Å²) >= 11 is 0. The molecule has 0 aromatic heterocycles. The van der Waals surface area contributed by atoms with Gasteiger partial charge in [-0.15, -0.1) is 0 Å². The van der Waals surface area contributed by atoms with Gasteiger partial charge in [0.2, 0.25) is 0 Å². The molecule has 0 aliphatic carbocycles. The van der Waals surface area contributed by atoms with Gasteiger partial charge in [-0.1, -0.05) is 6.58 Å². The Morgan fingerprint density at radius 2 is 1.00 bits per heavy atom. The average Bonchev–Trinajstić information content (AvgIpc) is 2.62. The average molecular weight is 512 g/mol. The van der Waals surface area contributed by atoms with Gasteiger partial charge in [-0.05, 0) is 12.8 Å². The van der Waals surface area contributed by atoms with Gasteiger partial charge in [0.1, 0.15) is 0 Å². The van der Waals surface area contributed by atoms with Gasteiger partial charge in [0.15, 0.2) is 0 Å². The highest BCUT2D eigenvalue weighted by Crippen LogP contribution is 2.62. The van der Waals surface area contributed by atoms with Crippen molar-refractivity contribution in [3.8, 4) is 0 Å². The maximum absolute atomic E-state index is 13.4. The first-order valence-electron chi connectivity index (χ1n) is 7.71. The molecule has 0 radical (unpaired) electrons. The van der Waals surface area contributed by atoms with Crippen LogP contribution in [-0.4, -0.2) is 60.9 Å². The fourth-order valence-corrected chi connectivity index (χ4v) is 1.72. The third-order valence-electron chi connectivity index (χ3n) is 3.59. The first-order chi connectivity index (χ1) is 14.0. The van der Waals surface area contributed by atoms with Gasteiger partial charge in [-0.25, -0.2) is 4.79 Å². The predicted molar refractivity (Wildman–Crippen MR) is 72.1 cm³/mol. The normalized spacial score (nSPS) is 14.8. The molecule has 0 fully saturated rings. The Labute approximate surface area is 168 Å². The Bertz CT molecular complexity index is 669. The lowest BCUT2D eigenvalue weighted by molar-refractivity contribution is -0.450. The van der Waals surface area contributed by atoms with E-state index in [0.717, 1.165) is 6.26 Å². The number of rotatable bonds is 12. The molecule has 0 aliphatic heterocycles. The minimum Gasteiger partial charge on any atom is -0.502 e. The van der Waals surface area contributed by atoms with Crippen LogP contribution in [0.1, 0.15) is 12.8 Å². The van der Waals surface area contributed by atoms with Crippen molar-refractivity contribution in [2.75, 3.05) is 13.2 Å². The van der Waals surface area contributed by atoms with Crippen molar-refractivity contribution >= 4 is 5.97 Å². The van der Waals surface area contributed by atoms with Crippen LogP contribution in [0.5, 0.6) is 0 Å². The van der Waals surface area contributed by atoms with Gasteiger partial charge in [0.05, 0.1) is 19.5 Å². The highest BCUT2D eigenvalue weighted by atomic mass is 19.4. The molecule has 0 rings (SSSR count). The van der Waals surface area contributed by atoms with E-state index in [4.69, 9.17) is 0 Å². The number of hydrogen-bond donors (Lipinski definition) is 0. The lowest BCUT2D eigenvalue weighted by atomic mass is 9.91. The standard InChI is InChI=1S/C14H11F15O3/c1-2-31-5-3-4-6-32-7(30)8(15,16)9(17,18)10(19,20)11(21,22)12(23,24)13(25,26)14(27,28)29/h2H,1,3-6H2. The van der Waals surface area contributed by atoms with Crippen LogP contribution < -0.4 is 0 Å². The number of alkyl halides is 15. The minimum absolute atomic E-state index is 0.145. The van der Waals surface area contributed by atoms with E-state index in [2.05, 4.69) is 16.1 Å². The third kappa shape index (κ3) is 4.67. The van der Waals surface area contributed by atoms with Gasteiger partial charge < -0.3 is 9.47 Å². The summed E-state index contributed by atoms with van der Waals surface area (Å²) in [6, 6.07) is 0. The highest BCUT2D eigenvalue weighted by molar-refractivity contribution is 5.79. The van der Waals surface area contributed by atoms with Crippen LogP contribution in [0.3, 0.4) is 0 Å². The SMILES string of the molecule is C=COCCCCOC(=O)C(F)(F)C(F)(F)C(F)(F)C(F)(F)C(F)(F)C(F)(F)C(F)(F)F. The molecule has 0 aromatic carbocycles. The maximum Gasteiger partial charge on any atom is 0.460 e. The van der Waals surface area contributed by atoms with Crippen LogP contribution in [0.2, 0.25) is 0 Å². The summed E-state index contributed by atoms with van der Waals surface area (Å²) in [5, 5.41) is 0. The first-order valence-corrected chi connectivity index (χ1v) is 7.71. The van der Waals surface area contributed by atoms with Gasteiger partial charge in [-0.2, -0.15) is 65.9 Å². The maximum atomic E-state index is 13.4. The van der Waals surface area contributed by atoms with Crippen molar-refractivity contribution < 1.29 is 80.1 Å². The molecule has 3 nitrogen and oxygen atoms in total. The number of esters is 1. The van der Waals surface area contributed by atoms with Crippen LogP contribution in [-0.2, 0) is 14.3 Å². The number of carbonyl (C=O) groups is 1. The molecule has 0 spiro atoms. The van der Waals surface area contributed by atoms with Crippen LogP contribution in [0.4, 0.5) is 65.9 Å². The summed E-state index contributed by atoms with van der Waals surface area (Å²) in [5.41, 5.74) is 0. The molecule has 0 bridgehead atoms. The zero-order valence-corrected chi connectivity index (χ0v) is 15.0. The van der Waals surface area contributed by atoms with Crippen molar-refractivity contribution in [1.29, 1.82) is 0 Å². The predicted octanol–water partition coefficient (Wildman–Crippen LogP) is 5.84. The zero-order chi connectivity index (χ0) is 26.0. The molecular formula is C14H11F15O3. The molecule has 190 valence electrons. The Hall–Kier alpha value is -2.04. The lowest BCUT2D eigenvalue weighted by Gasteiger charge is -2.40. The minimum atomic E-state index is -8.45. The van der Waals surface area contributed by atoms with Crippen LogP contribution in [0.25, 0.3) is 0 Å². The second kappa shape index (κ2) is 9.07. The second-order valence-electron chi connectivity index (χ2n) is 5.82. The van der Waals surface area contributed by atoms with Gasteiger partial charge in [-0.3, -0.25) is 0 Å². The number of unbranched alkanes of at least 4 members (excludes halogenated alkanes) is 1. The quantitative estimate of drug-likeness (QED) is 0.143. The molecule has 0 saturated carbocycles. The van der Waals surface area contributed by atoms with E-state index in [1.54, 1.807) is 0 Å². The molecule has 0 atom stereocenters. The fraction of sp³-hybridized carbons (Fsp3) is 0.786. The van der Waals surface area contributed by atoms with Gasteiger partial charge >= 0.3 is 47.7 Å². The van der Waals surface area contributed by atoms with Crippen molar-refractivity contribution in [3.05, 3.63) is 12.8 Å². The zero-order valence-electron chi connectivity index (χ0n) is 15.0. The van der Waals surface area contributed by atoms with Crippen molar-refractivity contribution in [1.82, 2.24) is 0 Å². The monoisotopic (exact) mass is 512 g/mol. The van der Waals surface area contributed by atoms with E-state index in [1.807, 2.05) is 0 Å². The van der Waals surface area contributed by atoms with E-state index in [0.29, 0.717) is 0 Å². The number of hydrogen-bond acceptors (Lipinski definition) is 3. The summed E-state index contributed by atoms with van der Waals surface area (Å²) in [6.07, 6.45) is -7.42. The van der Waals surface area contributed by atoms with Crippen molar-refractivity contribution in [2.24, 2.45) is 0 Å². The van der Waals surface area contributed by atoms with E-state index >= 15 is 0 Å². The summed E-state index contributed by atoms with van der Waals surface area (Å²) in [6.45, 7) is 1.63.